The van der Waals surface area contributed by atoms with Crippen LogP contribution in [0.25, 0.3) is 11.2 Å². The number of hydrogen-bond donors (Lipinski definition) is 2. The van der Waals surface area contributed by atoms with Gasteiger partial charge < -0.3 is 14.8 Å². The van der Waals surface area contributed by atoms with Gasteiger partial charge >= 0.3 is 5.97 Å². The van der Waals surface area contributed by atoms with E-state index in [2.05, 4.69) is 15.0 Å². The molecule has 14 heavy (non-hydrogen) atoms. The maximum atomic E-state index is 10.5. The van der Waals surface area contributed by atoms with Crippen LogP contribution in [0.3, 0.4) is 0 Å². The van der Waals surface area contributed by atoms with Crippen LogP contribution in [0, 0.1) is 0 Å². The van der Waals surface area contributed by atoms with Gasteiger partial charge in [-0.1, -0.05) is 0 Å². The second-order valence-electron chi connectivity index (χ2n) is 2.64. The quantitative estimate of drug-likeness (QED) is 0.675. The first-order valence-corrected chi connectivity index (χ1v) is 3.75. The van der Waals surface area contributed by atoms with E-state index < -0.39 is 5.97 Å². The number of carboxylic acids is 1. The lowest BCUT2D eigenvalue weighted by molar-refractivity contribution is -0.137. The minimum atomic E-state index is -1.02. The Balaban J connectivity index is 2.61. The molecule has 7 nitrogen and oxygen atoms in total. The van der Waals surface area contributed by atoms with E-state index in [-0.39, 0.29) is 23.6 Å². The van der Waals surface area contributed by atoms with Crippen molar-refractivity contribution in [2.75, 3.05) is 0 Å². The van der Waals surface area contributed by atoms with Crippen LogP contribution < -0.4 is 0 Å². The number of nitrogens with zero attached hydrogens (tertiary/aromatic N) is 4. The SMILES string of the molecule is O=C(O)Cn1cnc2ncnc(O)c21. The molecule has 0 unspecified atom stereocenters. The number of aromatic nitrogens is 4. The maximum absolute atomic E-state index is 10.5. The summed E-state index contributed by atoms with van der Waals surface area (Å²) in [4.78, 5) is 21.6. The highest BCUT2D eigenvalue weighted by molar-refractivity contribution is 5.78. The van der Waals surface area contributed by atoms with Crippen molar-refractivity contribution in [3.63, 3.8) is 0 Å². The van der Waals surface area contributed by atoms with Crippen LogP contribution in [0.15, 0.2) is 12.7 Å². The molecule has 2 rings (SSSR count). The zero-order valence-electron chi connectivity index (χ0n) is 6.95. The van der Waals surface area contributed by atoms with Crippen molar-refractivity contribution < 1.29 is 15.0 Å². The van der Waals surface area contributed by atoms with E-state index in [4.69, 9.17) is 5.11 Å². The predicted molar refractivity (Wildman–Crippen MR) is 44.6 cm³/mol. The van der Waals surface area contributed by atoms with Gasteiger partial charge in [-0.2, -0.15) is 4.98 Å². The Morgan fingerprint density at radius 1 is 1.43 bits per heavy atom. The van der Waals surface area contributed by atoms with E-state index in [1.165, 1.54) is 10.9 Å². The largest absolute Gasteiger partial charge is 0.492 e. The molecule has 0 bridgehead atoms. The van der Waals surface area contributed by atoms with Gasteiger partial charge in [0.15, 0.2) is 11.2 Å². The molecule has 0 amide bonds. The standard InChI is InChI=1S/C7H6N4O3/c12-4(13)1-11-3-10-6-5(11)7(14)9-2-8-6/h2-3H,1H2,(H,12,13)(H,8,9,14). The number of hydrogen-bond acceptors (Lipinski definition) is 5. The lowest BCUT2D eigenvalue weighted by Crippen LogP contribution is -2.07. The molecule has 72 valence electrons. The van der Waals surface area contributed by atoms with Gasteiger partial charge in [-0.25, -0.2) is 9.97 Å². The first-order valence-electron chi connectivity index (χ1n) is 3.75. The molecule has 0 fully saturated rings. The summed E-state index contributed by atoms with van der Waals surface area (Å²) < 4.78 is 1.27. The van der Waals surface area contributed by atoms with Gasteiger partial charge in [0.05, 0.1) is 6.33 Å². The fraction of sp³-hybridized carbons (Fsp3) is 0.143. The Morgan fingerprint density at radius 2 is 2.21 bits per heavy atom. The fourth-order valence-corrected chi connectivity index (χ4v) is 1.16. The Kier molecular flexibility index (Phi) is 1.77. The summed E-state index contributed by atoms with van der Waals surface area (Å²) in [6.45, 7) is -0.280. The number of fused-ring (bicyclic) bond motifs is 1. The summed E-state index contributed by atoms with van der Waals surface area (Å²) in [6.07, 6.45) is 2.46. The number of aliphatic carboxylic acids is 1. The molecule has 0 saturated heterocycles. The van der Waals surface area contributed by atoms with Gasteiger partial charge in [0, 0.05) is 0 Å². The molecule has 0 atom stereocenters. The Hall–Kier alpha value is -2.18. The molecule has 2 heterocycles. The van der Waals surface area contributed by atoms with E-state index in [9.17, 15) is 9.90 Å². The molecule has 2 N–H and O–H groups in total. The predicted octanol–water partition coefficient (Wildman–Crippen LogP) is -0.384. The van der Waals surface area contributed by atoms with E-state index >= 15 is 0 Å². The van der Waals surface area contributed by atoms with Gasteiger partial charge in [-0.05, 0) is 0 Å². The molecule has 0 aliphatic heterocycles. The number of carbonyl (C=O) groups is 1. The van der Waals surface area contributed by atoms with Crippen LogP contribution in [0.2, 0.25) is 0 Å². The molecule has 0 aliphatic carbocycles. The molecule has 0 spiro atoms. The average molecular weight is 194 g/mol. The summed E-state index contributed by atoms with van der Waals surface area (Å²) in [7, 11) is 0. The minimum Gasteiger partial charge on any atom is -0.492 e. The Labute approximate surface area is 77.7 Å². The number of carboxylic acid groups (broad SMARTS) is 1. The third-order valence-corrected chi connectivity index (χ3v) is 1.70. The number of aromatic hydroxyl groups is 1. The molecular weight excluding hydrogens is 188 g/mol. The van der Waals surface area contributed by atoms with Crippen LogP contribution in [-0.4, -0.2) is 35.7 Å². The highest BCUT2D eigenvalue weighted by atomic mass is 16.4. The van der Waals surface area contributed by atoms with E-state index in [1.807, 2.05) is 0 Å². The molecule has 0 radical (unpaired) electrons. The molecule has 0 aromatic carbocycles. The van der Waals surface area contributed by atoms with Crippen LogP contribution in [0.5, 0.6) is 5.88 Å². The van der Waals surface area contributed by atoms with E-state index in [1.54, 1.807) is 0 Å². The number of imidazole rings is 1. The van der Waals surface area contributed by atoms with Crippen LogP contribution in [0.4, 0.5) is 0 Å². The second kappa shape index (κ2) is 2.95. The zero-order chi connectivity index (χ0) is 10.1. The van der Waals surface area contributed by atoms with Crippen molar-refractivity contribution in [2.45, 2.75) is 6.54 Å². The molecule has 7 heteroatoms. The highest BCUT2D eigenvalue weighted by Crippen LogP contribution is 2.18. The van der Waals surface area contributed by atoms with Crippen molar-refractivity contribution in [1.29, 1.82) is 0 Å². The molecule has 2 aromatic heterocycles. The Bertz CT molecular complexity index is 493. The fourth-order valence-electron chi connectivity index (χ4n) is 1.16. The van der Waals surface area contributed by atoms with Crippen LogP contribution in [0.1, 0.15) is 0 Å². The molecule has 0 saturated carbocycles. The van der Waals surface area contributed by atoms with Crippen LogP contribution in [-0.2, 0) is 11.3 Å². The molecule has 0 aliphatic rings. The Morgan fingerprint density at radius 3 is 2.93 bits per heavy atom. The monoisotopic (exact) mass is 194 g/mol. The van der Waals surface area contributed by atoms with Gasteiger partial charge in [0.1, 0.15) is 12.9 Å². The smallest absolute Gasteiger partial charge is 0.323 e. The summed E-state index contributed by atoms with van der Waals surface area (Å²) in [6, 6.07) is 0. The van der Waals surface area contributed by atoms with Crippen LogP contribution >= 0.6 is 0 Å². The zero-order valence-corrected chi connectivity index (χ0v) is 6.95. The van der Waals surface area contributed by atoms with Gasteiger partial charge in [0.25, 0.3) is 0 Å². The van der Waals surface area contributed by atoms with Gasteiger partial charge in [-0.15, -0.1) is 0 Å². The van der Waals surface area contributed by atoms with E-state index in [0.717, 1.165) is 6.33 Å². The van der Waals surface area contributed by atoms with Crippen molar-refractivity contribution in [3.8, 4) is 5.88 Å². The highest BCUT2D eigenvalue weighted by Gasteiger charge is 2.11. The first-order chi connectivity index (χ1) is 6.68. The summed E-state index contributed by atoms with van der Waals surface area (Å²) >= 11 is 0. The average Bonchev–Trinajstić information content (AvgIpc) is 2.49. The maximum Gasteiger partial charge on any atom is 0.323 e. The van der Waals surface area contributed by atoms with Gasteiger partial charge in [0.2, 0.25) is 5.88 Å². The molecule has 2 aromatic rings. The summed E-state index contributed by atoms with van der Waals surface area (Å²) in [5.41, 5.74) is 0.508. The third kappa shape index (κ3) is 1.24. The lowest BCUT2D eigenvalue weighted by atomic mass is 10.5. The number of rotatable bonds is 2. The lowest BCUT2D eigenvalue weighted by Gasteiger charge is -1.99. The normalized spacial score (nSPS) is 10.6. The first kappa shape index (κ1) is 8.42. The van der Waals surface area contributed by atoms with Gasteiger partial charge in [-0.3, -0.25) is 4.79 Å². The van der Waals surface area contributed by atoms with Crippen molar-refractivity contribution in [2.24, 2.45) is 0 Å². The minimum absolute atomic E-state index is 0.231. The third-order valence-electron chi connectivity index (χ3n) is 1.70. The second-order valence-corrected chi connectivity index (χ2v) is 2.64. The van der Waals surface area contributed by atoms with Crippen molar-refractivity contribution >= 4 is 17.1 Å². The summed E-state index contributed by atoms with van der Waals surface area (Å²) in [5.74, 6) is -1.29. The van der Waals surface area contributed by atoms with Crippen molar-refractivity contribution in [3.05, 3.63) is 12.7 Å². The summed E-state index contributed by atoms with van der Waals surface area (Å²) in [5, 5.41) is 17.9. The van der Waals surface area contributed by atoms with E-state index in [0.29, 0.717) is 0 Å². The van der Waals surface area contributed by atoms with Crippen molar-refractivity contribution in [1.82, 2.24) is 19.5 Å². The topological polar surface area (TPSA) is 101 Å². The molecular formula is C7H6N4O3.